The Bertz CT molecular complexity index is 1070. The summed E-state index contributed by atoms with van der Waals surface area (Å²) in [5.41, 5.74) is 0.258. The Kier molecular flexibility index (Phi) is 5.72. The van der Waals surface area contributed by atoms with Crippen molar-refractivity contribution in [2.75, 3.05) is 0 Å². The van der Waals surface area contributed by atoms with Crippen LogP contribution < -0.4 is 4.72 Å². The lowest BCUT2D eigenvalue weighted by Crippen LogP contribution is -2.36. The van der Waals surface area contributed by atoms with Gasteiger partial charge in [-0.15, -0.1) is 11.3 Å². The van der Waals surface area contributed by atoms with Crippen molar-refractivity contribution in [3.05, 3.63) is 51.7 Å². The molecule has 2 amide bonds. The molecule has 10 heteroatoms. The van der Waals surface area contributed by atoms with Crippen LogP contribution in [-0.4, -0.2) is 37.3 Å². The van der Waals surface area contributed by atoms with Crippen LogP contribution in [0.15, 0.2) is 40.6 Å². The van der Waals surface area contributed by atoms with E-state index in [9.17, 15) is 22.8 Å². The summed E-state index contributed by atoms with van der Waals surface area (Å²) in [7, 11) is -3.95. The van der Waals surface area contributed by atoms with E-state index in [-0.39, 0.29) is 26.9 Å². The largest absolute Gasteiger partial charge is 0.375 e. The molecule has 1 aliphatic heterocycles. The number of hydrogen-bond donors (Lipinski definition) is 1. The molecular weight excluding hydrogens is 428 g/mol. The van der Waals surface area contributed by atoms with Gasteiger partial charge in [-0.05, 0) is 36.4 Å². The van der Waals surface area contributed by atoms with E-state index in [1.54, 1.807) is 12.1 Å². The molecule has 1 aromatic heterocycles. The van der Waals surface area contributed by atoms with Crippen molar-refractivity contribution >= 4 is 39.1 Å². The van der Waals surface area contributed by atoms with Crippen LogP contribution in [0.3, 0.4) is 0 Å². The smallest absolute Gasteiger partial charge is 0.323 e. The third kappa shape index (κ3) is 3.90. The second-order valence-corrected chi connectivity index (χ2v) is 9.85. The molecule has 0 bridgehead atoms. The zero-order valence-corrected chi connectivity index (χ0v) is 17.6. The van der Waals surface area contributed by atoms with Crippen LogP contribution in [0.1, 0.15) is 68.9 Å². The average molecular weight is 449 g/mol. The highest BCUT2D eigenvalue weighted by Crippen LogP contribution is 2.28. The van der Waals surface area contributed by atoms with Gasteiger partial charge >= 0.3 is 5.97 Å². The lowest BCUT2D eigenvalue weighted by molar-refractivity contribution is -0.0583. The predicted molar refractivity (Wildman–Crippen MR) is 108 cm³/mol. The van der Waals surface area contributed by atoms with Crippen molar-refractivity contribution < 1.29 is 27.6 Å². The van der Waals surface area contributed by atoms with Crippen LogP contribution in [0.4, 0.5) is 0 Å². The molecule has 30 heavy (non-hydrogen) atoms. The number of benzene rings is 1. The van der Waals surface area contributed by atoms with Crippen molar-refractivity contribution in [3.63, 3.8) is 0 Å². The number of fused-ring (bicyclic) bond motifs is 1. The first-order valence-electron chi connectivity index (χ1n) is 9.68. The number of rotatable bonds is 5. The number of hydrogen-bond acceptors (Lipinski definition) is 7. The van der Waals surface area contributed by atoms with E-state index in [2.05, 4.69) is 4.72 Å². The molecule has 8 nitrogen and oxygen atoms in total. The molecule has 4 rings (SSSR count). The molecule has 2 aliphatic rings. The third-order valence-electron chi connectivity index (χ3n) is 5.21. The van der Waals surface area contributed by atoms with Crippen molar-refractivity contribution in [2.24, 2.45) is 0 Å². The molecule has 2 heterocycles. The average Bonchev–Trinajstić information content (AvgIpc) is 3.21. The van der Waals surface area contributed by atoms with Gasteiger partial charge in [0.15, 0.2) is 0 Å². The molecule has 0 saturated heterocycles. The zero-order valence-electron chi connectivity index (χ0n) is 16.0. The maximum atomic E-state index is 12.9. The maximum Gasteiger partial charge on any atom is 0.375 e. The highest BCUT2D eigenvalue weighted by molar-refractivity contribution is 7.89. The molecule has 1 aliphatic carbocycles. The second-order valence-electron chi connectivity index (χ2n) is 7.25. The molecule has 0 spiro atoms. The zero-order chi connectivity index (χ0) is 21.3. The first-order chi connectivity index (χ1) is 14.4. The van der Waals surface area contributed by atoms with E-state index in [0.717, 1.165) is 49.9 Å². The fourth-order valence-electron chi connectivity index (χ4n) is 3.71. The summed E-state index contributed by atoms with van der Waals surface area (Å²) in [6, 6.07) is 7.25. The van der Waals surface area contributed by atoms with Crippen LogP contribution in [0.2, 0.25) is 0 Å². The fraction of sp³-hybridized carbons (Fsp3) is 0.350. The monoisotopic (exact) mass is 448 g/mol. The first kappa shape index (κ1) is 20.7. The number of hydroxylamine groups is 2. The van der Waals surface area contributed by atoms with Gasteiger partial charge in [0.05, 0.1) is 11.1 Å². The van der Waals surface area contributed by atoms with Crippen molar-refractivity contribution in [1.29, 1.82) is 0 Å². The maximum absolute atomic E-state index is 12.9. The lowest BCUT2D eigenvalue weighted by Gasteiger charge is -2.17. The minimum absolute atomic E-state index is 0.129. The summed E-state index contributed by atoms with van der Waals surface area (Å²) < 4.78 is 28.4. The quantitative estimate of drug-likeness (QED) is 0.556. The number of imide groups is 1. The van der Waals surface area contributed by atoms with Gasteiger partial charge in [0.25, 0.3) is 11.8 Å². The Morgan fingerprint density at radius 1 is 1.00 bits per heavy atom. The predicted octanol–water partition coefficient (Wildman–Crippen LogP) is 3.12. The Hall–Kier alpha value is -2.56. The van der Waals surface area contributed by atoms with Gasteiger partial charge in [-0.25, -0.2) is 17.9 Å². The van der Waals surface area contributed by atoms with Crippen molar-refractivity contribution in [1.82, 2.24) is 9.79 Å². The summed E-state index contributed by atoms with van der Waals surface area (Å²) in [4.78, 5) is 42.1. The number of carbonyl (C=O) groups excluding carboxylic acids is 3. The molecule has 1 aromatic carbocycles. The SMILES string of the molecule is O=C(ON1C(=O)c2ccccc2C1=O)c1sccc1S(=O)(=O)NC1CCCCCC1. The summed E-state index contributed by atoms with van der Waals surface area (Å²) in [6.07, 6.45) is 5.55. The molecule has 2 aromatic rings. The molecular formula is C20H20N2O6S2. The van der Waals surface area contributed by atoms with E-state index in [1.807, 2.05) is 0 Å². The van der Waals surface area contributed by atoms with Gasteiger partial charge in [0.1, 0.15) is 9.77 Å². The first-order valence-corrected chi connectivity index (χ1v) is 12.0. The van der Waals surface area contributed by atoms with Crippen LogP contribution in [0, 0.1) is 0 Å². The summed E-state index contributed by atoms with van der Waals surface area (Å²) >= 11 is 0.877. The standard InChI is InChI=1S/C20H20N2O6S2/c23-18-14-9-5-6-10-15(14)19(24)22(18)28-20(25)17-16(11-12-29-17)30(26,27)21-13-7-3-1-2-4-8-13/h5-6,9-13,21H,1-4,7-8H2. The van der Waals surface area contributed by atoms with Gasteiger partial charge in [-0.1, -0.05) is 42.9 Å². The van der Waals surface area contributed by atoms with Gasteiger partial charge in [-0.3, -0.25) is 9.59 Å². The second kappa shape index (κ2) is 8.29. The number of nitrogens with one attached hydrogen (secondary N) is 1. The van der Waals surface area contributed by atoms with Crippen LogP contribution in [0.25, 0.3) is 0 Å². The molecule has 0 radical (unpaired) electrons. The van der Waals surface area contributed by atoms with Crippen LogP contribution >= 0.6 is 11.3 Å². The Balaban J connectivity index is 1.52. The minimum atomic E-state index is -3.95. The topological polar surface area (TPSA) is 110 Å². The highest BCUT2D eigenvalue weighted by Gasteiger charge is 2.40. The Morgan fingerprint density at radius 3 is 2.20 bits per heavy atom. The Morgan fingerprint density at radius 2 is 1.60 bits per heavy atom. The van der Waals surface area contributed by atoms with Gasteiger partial charge in [0, 0.05) is 6.04 Å². The van der Waals surface area contributed by atoms with Gasteiger partial charge < -0.3 is 4.84 Å². The fourth-order valence-corrected chi connectivity index (χ4v) is 6.31. The number of sulfonamides is 1. The normalized spacial score (nSPS) is 17.7. The van der Waals surface area contributed by atoms with E-state index in [1.165, 1.54) is 23.6 Å². The van der Waals surface area contributed by atoms with Crippen LogP contribution in [-0.2, 0) is 14.9 Å². The number of thiophene rings is 1. The molecule has 0 unspecified atom stereocenters. The number of carbonyl (C=O) groups is 3. The number of amides is 2. The molecule has 158 valence electrons. The lowest BCUT2D eigenvalue weighted by atomic mass is 10.1. The highest BCUT2D eigenvalue weighted by atomic mass is 32.2. The molecule has 0 atom stereocenters. The van der Waals surface area contributed by atoms with E-state index in [4.69, 9.17) is 4.84 Å². The van der Waals surface area contributed by atoms with E-state index < -0.39 is 27.8 Å². The van der Waals surface area contributed by atoms with Crippen LogP contribution in [0.5, 0.6) is 0 Å². The third-order valence-corrected chi connectivity index (χ3v) is 7.80. The van der Waals surface area contributed by atoms with E-state index in [0.29, 0.717) is 5.06 Å². The Labute approximate surface area is 177 Å². The van der Waals surface area contributed by atoms with Crippen molar-refractivity contribution in [2.45, 2.75) is 49.5 Å². The van der Waals surface area contributed by atoms with Gasteiger partial charge in [-0.2, -0.15) is 0 Å². The number of nitrogens with zero attached hydrogens (tertiary/aromatic N) is 1. The van der Waals surface area contributed by atoms with Gasteiger partial charge in [0.2, 0.25) is 10.0 Å². The summed E-state index contributed by atoms with van der Waals surface area (Å²) in [6.45, 7) is 0. The minimum Gasteiger partial charge on any atom is -0.323 e. The summed E-state index contributed by atoms with van der Waals surface area (Å²) in [5.74, 6) is -2.59. The van der Waals surface area contributed by atoms with Crippen molar-refractivity contribution in [3.8, 4) is 0 Å². The molecule has 1 N–H and O–H groups in total. The summed E-state index contributed by atoms with van der Waals surface area (Å²) in [5, 5.41) is 1.84. The van der Waals surface area contributed by atoms with E-state index >= 15 is 0 Å². The molecule has 1 saturated carbocycles. The molecule has 1 fully saturated rings.